The molecule has 0 aromatic rings. The Hall–Kier alpha value is -1.30. The first kappa shape index (κ1) is 14.7. The summed E-state index contributed by atoms with van der Waals surface area (Å²) >= 11 is 0. The average Bonchev–Trinajstić information content (AvgIpc) is 2.13. The molecule has 0 bridgehead atoms. The molecule has 1 amide bonds. The Morgan fingerprint density at radius 2 is 1.75 bits per heavy atom. The fourth-order valence-electron chi connectivity index (χ4n) is 0.940. The Labute approximate surface area is 95.5 Å². The van der Waals surface area contributed by atoms with Crippen molar-refractivity contribution in [2.75, 3.05) is 13.7 Å². The maximum Gasteiger partial charge on any atom is 0.408 e. The molecule has 0 saturated carbocycles. The van der Waals surface area contributed by atoms with Crippen molar-refractivity contribution >= 4 is 12.1 Å². The van der Waals surface area contributed by atoms with Crippen molar-refractivity contribution in [2.45, 2.75) is 38.8 Å². The minimum absolute atomic E-state index is 0.0705. The number of nitrogens with one attached hydrogen (secondary N) is 1. The summed E-state index contributed by atoms with van der Waals surface area (Å²) in [5, 5.41) is 2.39. The van der Waals surface area contributed by atoms with Crippen LogP contribution in [0.2, 0.25) is 0 Å². The third-order valence-electron chi connectivity index (χ3n) is 1.82. The molecule has 16 heavy (non-hydrogen) atoms. The predicted molar refractivity (Wildman–Crippen MR) is 58.8 cm³/mol. The van der Waals surface area contributed by atoms with Gasteiger partial charge in [0.1, 0.15) is 11.1 Å². The summed E-state index contributed by atoms with van der Waals surface area (Å²) in [6.45, 7) is 6.58. The monoisotopic (exact) mass is 232 g/mol. The highest BCUT2D eigenvalue weighted by Gasteiger charge is 2.36. The number of esters is 1. The topological polar surface area (TPSA) is 90.6 Å². The largest absolute Gasteiger partial charge is 0.467 e. The lowest BCUT2D eigenvalue weighted by molar-refractivity contribution is -0.147. The number of methoxy groups -OCH3 is 1. The molecule has 3 N–H and O–H groups in total. The van der Waals surface area contributed by atoms with Crippen molar-refractivity contribution in [3.05, 3.63) is 0 Å². The van der Waals surface area contributed by atoms with E-state index in [1.165, 1.54) is 14.0 Å². The van der Waals surface area contributed by atoms with Gasteiger partial charge in [-0.1, -0.05) is 0 Å². The van der Waals surface area contributed by atoms with Crippen molar-refractivity contribution in [2.24, 2.45) is 5.73 Å². The molecule has 0 rings (SSSR count). The molecule has 0 aromatic heterocycles. The van der Waals surface area contributed by atoms with Gasteiger partial charge in [-0.15, -0.1) is 0 Å². The molecule has 0 spiro atoms. The Balaban J connectivity index is 4.55. The smallest absolute Gasteiger partial charge is 0.408 e. The van der Waals surface area contributed by atoms with Crippen LogP contribution in [-0.4, -0.2) is 36.9 Å². The lowest BCUT2D eigenvalue weighted by Gasteiger charge is -2.28. The van der Waals surface area contributed by atoms with Crippen LogP contribution in [0.1, 0.15) is 27.7 Å². The molecule has 94 valence electrons. The lowest BCUT2D eigenvalue weighted by Crippen LogP contribution is -2.58. The van der Waals surface area contributed by atoms with Crippen molar-refractivity contribution in [1.29, 1.82) is 0 Å². The van der Waals surface area contributed by atoms with Crippen LogP contribution in [-0.2, 0) is 14.3 Å². The van der Waals surface area contributed by atoms with Crippen LogP contribution in [0.25, 0.3) is 0 Å². The normalized spacial score (nSPS) is 14.9. The van der Waals surface area contributed by atoms with Gasteiger partial charge >= 0.3 is 12.1 Å². The minimum Gasteiger partial charge on any atom is -0.467 e. The van der Waals surface area contributed by atoms with Crippen LogP contribution >= 0.6 is 0 Å². The fourth-order valence-corrected chi connectivity index (χ4v) is 0.940. The van der Waals surface area contributed by atoms with Crippen LogP contribution in [0.15, 0.2) is 0 Å². The molecule has 0 aliphatic heterocycles. The van der Waals surface area contributed by atoms with Crippen LogP contribution < -0.4 is 11.1 Å². The molecule has 6 heteroatoms. The second-order valence-electron chi connectivity index (χ2n) is 4.65. The zero-order valence-corrected chi connectivity index (χ0v) is 10.4. The maximum atomic E-state index is 11.5. The summed E-state index contributed by atoms with van der Waals surface area (Å²) in [5.41, 5.74) is 3.53. The van der Waals surface area contributed by atoms with Crippen molar-refractivity contribution in [3.8, 4) is 0 Å². The van der Waals surface area contributed by atoms with E-state index in [2.05, 4.69) is 10.1 Å². The second kappa shape index (κ2) is 5.16. The molecule has 0 unspecified atom stereocenters. The molecule has 0 aliphatic carbocycles. The second-order valence-corrected chi connectivity index (χ2v) is 4.65. The predicted octanol–water partition coefficient (Wildman–Crippen LogP) is 0.401. The number of ether oxygens (including phenoxy) is 2. The van der Waals surface area contributed by atoms with Gasteiger partial charge < -0.3 is 20.5 Å². The van der Waals surface area contributed by atoms with Crippen molar-refractivity contribution in [3.63, 3.8) is 0 Å². The number of carbonyl (C=O) groups excluding carboxylic acids is 2. The zero-order valence-electron chi connectivity index (χ0n) is 10.4. The van der Waals surface area contributed by atoms with E-state index in [4.69, 9.17) is 10.5 Å². The highest BCUT2D eigenvalue weighted by molar-refractivity contribution is 5.85. The van der Waals surface area contributed by atoms with Gasteiger partial charge in [0.2, 0.25) is 0 Å². The van der Waals surface area contributed by atoms with Crippen LogP contribution in [0.3, 0.4) is 0 Å². The summed E-state index contributed by atoms with van der Waals surface area (Å²) in [5.74, 6) is -0.610. The van der Waals surface area contributed by atoms with Gasteiger partial charge in [-0.05, 0) is 27.7 Å². The quantitative estimate of drug-likeness (QED) is 0.687. The van der Waals surface area contributed by atoms with Gasteiger partial charge in [0, 0.05) is 6.54 Å². The third-order valence-corrected chi connectivity index (χ3v) is 1.82. The molecule has 0 heterocycles. The first-order valence-electron chi connectivity index (χ1n) is 4.94. The number of nitrogens with two attached hydrogens (primary N) is 1. The molecule has 0 saturated heterocycles. The van der Waals surface area contributed by atoms with E-state index in [1.54, 1.807) is 20.8 Å². The van der Waals surface area contributed by atoms with Crippen LogP contribution in [0.4, 0.5) is 4.79 Å². The molecular formula is C10H20N2O4. The SMILES string of the molecule is COC(=O)[C@@](C)(CN)NC(=O)OC(C)(C)C. The van der Waals surface area contributed by atoms with Gasteiger partial charge in [0.25, 0.3) is 0 Å². The van der Waals surface area contributed by atoms with E-state index < -0.39 is 23.2 Å². The van der Waals surface area contributed by atoms with Crippen LogP contribution in [0.5, 0.6) is 0 Å². The van der Waals surface area contributed by atoms with Gasteiger partial charge in [-0.2, -0.15) is 0 Å². The van der Waals surface area contributed by atoms with Crippen molar-refractivity contribution < 1.29 is 19.1 Å². The number of alkyl carbamates (subject to hydrolysis) is 1. The summed E-state index contributed by atoms with van der Waals surface area (Å²) in [6.07, 6.45) is -0.703. The van der Waals surface area contributed by atoms with E-state index >= 15 is 0 Å². The first-order valence-corrected chi connectivity index (χ1v) is 4.94. The highest BCUT2D eigenvalue weighted by atomic mass is 16.6. The van der Waals surface area contributed by atoms with Crippen LogP contribution in [0, 0.1) is 0 Å². The molecule has 0 radical (unpaired) electrons. The fraction of sp³-hybridized carbons (Fsp3) is 0.800. The van der Waals surface area contributed by atoms with E-state index in [0.717, 1.165) is 0 Å². The Kier molecular flexibility index (Phi) is 4.74. The first-order chi connectivity index (χ1) is 7.14. The summed E-state index contributed by atoms with van der Waals surface area (Å²) < 4.78 is 9.56. The highest BCUT2D eigenvalue weighted by Crippen LogP contribution is 2.10. The Morgan fingerprint density at radius 1 is 1.25 bits per heavy atom. The molecule has 1 atom stereocenters. The van der Waals surface area contributed by atoms with Crippen molar-refractivity contribution in [1.82, 2.24) is 5.32 Å². The van der Waals surface area contributed by atoms with E-state index in [0.29, 0.717) is 0 Å². The van der Waals surface area contributed by atoms with Gasteiger partial charge in [-0.25, -0.2) is 9.59 Å². The van der Waals surface area contributed by atoms with Gasteiger partial charge in [0.05, 0.1) is 7.11 Å². The number of hydrogen-bond acceptors (Lipinski definition) is 5. The average molecular weight is 232 g/mol. The Bertz CT molecular complexity index is 272. The number of rotatable bonds is 3. The van der Waals surface area contributed by atoms with E-state index in [-0.39, 0.29) is 6.54 Å². The molecule has 6 nitrogen and oxygen atoms in total. The van der Waals surface area contributed by atoms with E-state index in [9.17, 15) is 9.59 Å². The van der Waals surface area contributed by atoms with Gasteiger partial charge in [0.15, 0.2) is 0 Å². The Morgan fingerprint density at radius 3 is 2.06 bits per heavy atom. The molecule has 0 aromatic carbocycles. The molecule has 0 aliphatic rings. The lowest BCUT2D eigenvalue weighted by atomic mass is 10.0. The molecule has 0 fully saturated rings. The minimum atomic E-state index is -1.27. The summed E-state index contributed by atoms with van der Waals surface area (Å²) in [6, 6.07) is 0. The van der Waals surface area contributed by atoms with Gasteiger partial charge in [-0.3, -0.25) is 0 Å². The molecular weight excluding hydrogens is 212 g/mol. The zero-order chi connectivity index (χ0) is 13.0. The number of hydrogen-bond donors (Lipinski definition) is 2. The maximum absolute atomic E-state index is 11.5. The van der Waals surface area contributed by atoms with E-state index in [1.807, 2.05) is 0 Å². The third kappa shape index (κ3) is 4.48. The standard InChI is InChI=1S/C10H20N2O4/c1-9(2,3)16-8(14)12-10(4,6-11)7(13)15-5/h6,11H2,1-5H3,(H,12,14)/t10-/m1/s1. The summed E-state index contributed by atoms with van der Waals surface area (Å²) in [4.78, 5) is 22.9. The number of amides is 1. The number of carbonyl (C=O) groups is 2. The summed E-state index contributed by atoms with van der Waals surface area (Å²) in [7, 11) is 1.23.